The molecule has 2 N–H and O–H groups in total. The fraction of sp³-hybridized carbons (Fsp3) is 0.136. The lowest BCUT2D eigenvalue weighted by Gasteiger charge is -2.13. The normalized spacial score (nSPS) is 11.3. The molecule has 0 fully saturated rings. The molecule has 0 aromatic heterocycles. The monoisotopic (exact) mass is 460 g/mol. The zero-order valence-electron chi connectivity index (χ0n) is 16.4. The molecule has 30 heavy (non-hydrogen) atoms. The molecule has 3 rings (SSSR count). The summed E-state index contributed by atoms with van der Waals surface area (Å²) in [5.74, 6) is -0.299. The lowest BCUT2D eigenvalue weighted by atomic mass is 10.2. The predicted molar refractivity (Wildman–Crippen MR) is 124 cm³/mol. The molecular weight excluding hydrogens is 440 g/mol. The van der Waals surface area contributed by atoms with Gasteiger partial charge in [0.1, 0.15) is 0 Å². The van der Waals surface area contributed by atoms with Gasteiger partial charge in [-0.05, 0) is 42.5 Å². The Balaban J connectivity index is 1.82. The number of thioether (sulfide) groups is 1. The van der Waals surface area contributed by atoms with Crippen LogP contribution in [0.3, 0.4) is 0 Å². The lowest BCUT2D eigenvalue weighted by Crippen LogP contribution is -2.16. The second kappa shape index (κ2) is 9.55. The molecule has 0 spiro atoms. The van der Waals surface area contributed by atoms with Gasteiger partial charge < -0.3 is 5.32 Å². The minimum Gasteiger partial charge on any atom is -0.322 e. The molecule has 8 heteroatoms. The molecule has 0 aliphatic rings. The van der Waals surface area contributed by atoms with Gasteiger partial charge in [0.25, 0.3) is 15.9 Å². The summed E-state index contributed by atoms with van der Waals surface area (Å²) in [5.41, 5.74) is 1.21. The summed E-state index contributed by atoms with van der Waals surface area (Å²) in [6.45, 7) is 4.11. The van der Waals surface area contributed by atoms with Gasteiger partial charge in [0.2, 0.25) is 0 Å². The Morgan fingerprint density at radius 1 is 0.967 bits per heavy atom. The van der Waals surface area contributed by atoms with Crippen LogP contribution in [0.4, 0.5) is 11.4 Å². The van der Waals surface area contributed by atoms with Gasteiger partial charge in [0.05, 0.1) is 21.2 Å². The zero-order valence-corrected chi connectivity index (χ0v) is 18.8. The Hall–Kier alpha value is -2.48. The summed E-state index contributed by atoms with van der Waals surface area (Å²) in [5, 5.41) is 3.41. The van der Waals surface area contributed by atoms with Crippen molar-refractivity contribution in [1.82, 2.24) is 0 Å². The number of hydrogen-bond acceptors (Lipinski definition) is 4. The van der Waals surface area contributed by atoms with Gasteiger partial charge >= 0.3 is 0 Å². The number of halogens is 1. The van der Waals surface area contributed by atoms with E-state index in [1.807, 2.05) is 12.1 Å². The second-order valence-electron chi connectivity index (χ2n) is 6.73. The molecule has 0 unspecified atom stereocenters. The Labute approximate surface area is 185 Å². The smallest absolute Gasteiger partial charge is 0.262 e. The molecule has 0 saturated carbocycles. The van der Waals surface area contributed by atoms with E-state index in [9.17, 15) is 13.2 Å². The van der Waals surface area contributed by atoms with Crippen LogP contribution in [0.1, 0.15) is 24.2 Å². The maximum absolute atomic E-state index is 12.8. The van der Waals surface area contributed by atoms with Crippen LogP contribution in [0.5, 0.6) is 0 Å². The number of para-hydroxylation sites is 1. The molecule has 0 heterocycles. The third-order valence-electron chi connectivity index (χ3n) is 4.01. The fourth-order valence-corrected chi connectivity index (χ4v) is 5.01. The van der Waals surface area contributed by atoms with Crippen LogP contribution in [-0.4, -0.2) is 19.6 Å². The van der Waals surface area contributed by atoms with Gasteiger partial charge in [-0.25, -0.2) is 8.42 Å². The number of amides is 1. The maximum atomic E-state index is 12.8. The molecule has 0 radical (unpaired) electrons. The third-order valence-corrected chi connectivity index (χ3v) is 6.79. The van der Waals surface area contributed by atoms with E-state index in [2.05, 4.69) is 23.9 Å². The van der Waals surface area contributed by atoms with Crippen molar-refractivity contribution in [2.75, 3.05) is 10.0 Å². The highest BCUT2D eigenvalue weighted by atomic mass is 35.5. The SMILES string of the molecule is CC(C)Sc1ccccc1C(=O)Nc1cccc(S(=O)(=O)Nc2ccccc2Cl)c1. The van der Waals surface area contributed by atoms with E-state index in [4.69, 9.17) is 11.6 Å². The van der Waals surface area contributed by atoms with Crippen molar-refractivity contribution >= 4 is 50.7 Å². The molecule has 5 nitrogen and oxygen atoms in total. The van der Waals surface area contributed by atoms with Crippen molar-refractivity contribution in [3.63, 3.8) is 0 Å². The Morgan fingerprint density at radius 3 is 2.40 bits per heavy atom. The van der Waals surface area contributed by atoms with E-state index >= 15 is 0 Å². The van der Waals surface area contributed by atoms with Crippen molar-refractivity contribution in [3.8, 4) is 0 Å². The van der Waals surface area contributed by atoms with E-state index in [1.165, 1.54) is 12.1 Å². The fourth-order valence-electron chi connectivity index (χ4n) is 2.70. The summed E-state index contributed by atoms with van der Waals surface area (Å²) in [4.78, 5) is 13.7. The number of nitrogens with one attached hydrogen (secondary N) is 2. The van der Waals surface area contributed by atoms with Crippen molar-refractivity contribution < 1.29 is 13.2 Å². The zero-order chi connectivity index (χ0) is 21.7. The largest absolute Gasteiger partial charge is 0.322 e. The average Bonchev–Trinajstić information content (AvgIpc) is 2.70. The molecule has 0 atom stereocenters. The second-order valence-corrected chi connectivity index (χ2v) is 10.4. The minimum absolute atomic E-state index is 0.0186. The Morgan fingerprint density at radius 2 is 1.67 bits per heavy atom. The van der Waals surface area contributed by atoms with E-state index in [0.717, 1.165) is 4.90 Å². The molecule has 3 aromatic carbocycles. The Bertz CT molecular complexity index is 1160. The lowest BCUT2D eigenvalue weighted by molar-refractivity contribution is 0.102. The van der Waals surface area contributed by atoms with Crippen molar-refractivity contribution in [2.45, 2.75) is 28.9 Å². The van der Waals surface area contributed by atoms with E-state index in [0.29, 0.717) is 21.5 Å². The van der Waals surface area contributed by atoms with Crippen LogP contribution in [-0.2, 0) is 10.0 Å². The first-order chi connectivity index (χ1) is 14.3. The number of carbonyl (C=O) groups excluding carboxylic acids is 1. The topological polar surface area (TPSA) is 75.3 Å². The molecule has 156 valence electrons. The van der Waals surface area contributed by atoms with Crippen molar-refractivity contribution in [3.05, 3.63) is 83.4 Å². The first kappa shape index (κ1) is 22.2. The quantitative estimate of drug-likeness (QED) is 0.431. The minimum atomic E-state index is -3.87. The van der Waals surface area contributed by atoms with E-state index < -0.39 is 10.0 Å². The number of benzene rings is 3. The average molecular weight is 461 g/mol. The molecule has 0 bridgehead atoms. The van der Waals surface area contributed by atoms with Gasteiger partial charge in [0, 0.05) is 15.8 Å². The van der Waals surface area contributed by atoms with E-state index in [-0.39, 0.29) is 16.5 Å². The van der Waals surface area contributed by atoms with Gasteiger partial charge in [-0.3, -0.25) is 9.52 Å². The first-order valence-corrected chi connectivity index (χ1v) is 11.9. The molecule has 0 aliphatic carbocycles. The van der Waals surface area contributed by atoms with Crippen LogP contribution in [0.2, 0.25) is 5.02 Å². The number of rotatable bonds is 7. The van der Waals surface area contributed by atoms with Crippen LogP contribution < -0.4 is 10.0 Å². The summed E-state index contributed by atoms with van der Waals surface area (Å²) in [7, 11) is -3.87. The van der Waals surface area contributed by atoms with Crippen LogP contribution >= 0.6 is 23.4 Å². The van der Waals surface area contributed by atoms with Crippen molar-refractivity contribution in [1.29, 1.82) is 0 Å². The third kappa shape index (κ3) is 5.56. The summed E-state index contributed by atoms with van der Waals surface area (Å²) < 4.78 is 28.0. The standard InChI is InChI=1S/C22H21ClN2O3S2/c1-15(2)29-21-13-6-3-10-18(21)22(26)24-16-8-7-9-17(14-16)30(27,28)25-20-12-5-4-11-19(20)23/h3-15,25H,1-2H3,(H,24,26). The van der Waals surface area contributed by atoms with E-state index in [1.54, 1.807) is 60.3 Å². The van der Waals surface area contributed by atoms with Crippen LogP contribution in [0.15, 0.2) is 82.6 Å². The highest BCUT2D eigenvalue weighted by molar-refractivity contribution is 8.00. The van der Waals surface area contributed by atoms with Gasteiger partial charge in [-0.15, -0.1) is 11.8 Å². The highest BCUT2D eigenvalue weighted by Crippen LogP contribution is 2.28. The number of sulfonamides is 1. The van der Waals surface area contributed by atoms with Crippen LogP contribution in [0, 0.1) is 0 Å². The van der Waals surface area contributed by atoms with Crippen molar-refractivity contribution in [2.24, 2.45) is 0 Å². The molecular formula is C22H21ClN2O3S2. The predicted octanol–water partition coefficient (Wildman–Crippen LogP) is 5.89. The summed E-state index contributed by atoms with van der Waals surface area (Å²) in [6.07, 6.45) is 0. The molecule has 0 saturated heterocycles. The first-order valence-electron chi connectivity index (χ1n) is 9.21. The van der Waals surface area contributed by atoms with Gasteiger partial charge in [-0.2, -0.15) is 0 Å². The van der Waals surface area contributed by atoms with Crippen LogP contribution in [0.25, 0.3) is 0 Å². The highest BCUT2D eigenvalue weighted by Gasteiger charge is 2.18. The molecule has 3 aromatic rings. The number of carbonyl (C=O) groups is 1. The summed E-state index contributed by atoms with van der Waals surface area (Å²) in [6, 6.07) is 20.0. The summed E-state index contributed by atoms with van der Waals surface area (Å²) >= 11 is 7.65. The number of anilines is 2. The Kier molecular flexibility index (Phi) is 7.07. The van der Waals surface area contributed by atoms with Gasteiger partial charge in [0.15, 0.2) is 0 Å². The number of hydrogen-bond donors (Lipinski definition) is 2. The molecule has 0 aliphatic heterocycles. The van der Waals surface area contributed by atoms with Gasteiger partial charge in [-0.1, -0.05) is 55.8 Å². The molecule has 1 amide bonds. The maximum Gasteiger partial charge on any atom is 0.262 e.